The zero-order valence-electron chi connectivity index (χ0n) is 21.5. The molecule has 192 valence electrons. The molecule has 0 saturated carbocycles. The number of likely N-dealkylation sites (N-methyl/N-ethyl adjacent to an activating group) is 1. The monoisotopic (exact) mass is 507 g/mol. The van der Waals surface area contributed by atoms with Gasteiger partial charge in [0.2, 0.25) is 0 Å². The molecule has 2 aromatic heterocycles. The number of aryl methyl sites for hydroxylation is 1. The molecule has 38 heavy (non-hydrogen) atoms. The average molecular weight is 508 g/mol. The van der Waals surface area contributed by atoms with Gasteiger partial charge >= 0.3 is 0 Å². The summed E-state index contributed by atoms with van der Waals surface area (Å²) in [5.41, 5.74) is 5.72. The van der Waals surface area contributed by atoms with Crippen molar-refractivity contribution >= 4 is 11.8 Å². The van der Waals surface area contributed by atoms with E-state index in [1.807, 2.05) is 54.7 Å². The molecule has 2 bridgehead atoms. The number of nitrogens with zero attached hydrogens (tertiary/aromatic N) is 5. The second kappa shape index (κ2) is 11.2. The maximum atomic E-state index is 13.4. The molecule has 4 aromatic rings. The van der Waals surface area contributed by atoms with Crippen molar-refractivity contribution in [1.82, 2.24) is 24.8 Å². The number of benzene rings is 2. The van der Waals surface area contributed by atoms with Crippen LogP contribution < -0.4 is 4.74 Å². The molecule has 0 unspecified atom stereocenters. The van der Waals surface area contributed by atoms with Gasteiger partial charge in [-0.25, -0.2) is 9.97 Å². The van der Waals surface area contributed by atoms with E-state index >= 15 is 0 Å². The zero-order chi connectivity index (χ0) is 26.5. The second-order valence-corrected chi connectivity index (χ2v) is 9.33. The number of hydrogen-bond donors (Lipinski definition) is 0. The van der Waals surface area contributed by atoms with Gasteiger partial charge in [-0.15, -0.1) is 0 Å². The summed E-state index contributed by atoms with van der Waals surface area (Å²) in [6.45, 7) is 3.17. The summed E-state index contributed by atoms with van der Waals surface area (Å²) >= 11 is 0. The molecule has 0 spiro atoms. The molecule has 5 rings (SSSR count). The molecule has 1 aliphatic rings. The molecule has 0 atom stereocenters. The lowest BCUT2D eigenvalue weighted by molar-refractivity contribution is 0.0667. The molecule has 8 heteroatoms. The van der Waals surface area contributed by atoms with Crippen molar-refractivity contribution in [2.75, 3.05) is 33.3 Å². The Balaban J connectivity index is 1.50. The number of fused-ring (bicyclic) bond motifs is 3. The van der Waals surface area contributed by atoms with Crippen molar-refractivity contribution < 1.29 is 14.3 Å². The van der Waals surface area contributed by atoms with E-state index < -0.39 is 0 Å². The molecule has 2 aromatic carbocycles. The number of amides is 2. The third-order valence-corrected chi connectivity index (χ3v) is 6.72. The number of aromatic nitrogens is 3. The molecule has 0 N–H and O–H groups in total. The van der Waals surface area contributed by atoms with Crippen molar-refractivity contribution in [2.24, 2.45) is 0 Å². The van der Waals surface area contributed by atoms with E-state index in [9.17, 15) is 9.59 Å². The fraction of sp³-hybridized carbons (Fsp3) is 0.233. The van der Waals surface area contributed by atoms with E-state index in [1.54, 1.807) is 30.0 Å². The van der Waals surface area contributed by atoms with Gasteiger partial charge in [0, 0.05) is 56.3 Å². The fourth-order valence-corrected chi connectivity index (χ4v) is 4.55. The molecule has 3 heterocycles. The highest BCUT2D eigenvalue weighted by atomic mass is 16.5. The highest BCUT2D eigenvalue weighted by Gasteiger charge is 2.21. The van der Waals surface area contributed by atoms with Crippen LogP contribution in [0.15, 0.2) is 79.5 Å². The molecular formula is C30H29N5O3. The summed E-state index contributed by atoms with van der Waals surface area (Å²) in [6.07, 6.45) is 7.14. The van der Waals surface area contributed by atoms with Crippen LogP contribution in [0.3, 0.4) is 0 Å². The summed E-state index contributed by atoms with van der Waals surface area (Å²) in [4.78, 5) is 42.4. The molecule has 8 nitrogen and oxygen atoms in total. The lowest BCUT2D eigenvalue weighted by Crippen LogP contribution is -2.41. The molecule has 0 radical (unpaired) electrons. The number of carbonyl (C=O) groups is 2. The predicted molar refractivity (Wildman–Crippen MR) is 144 cm³/mol. The Kier molecular flexibility index (Phi) is 7.40. The van der Waals surface area contributed by atoms with Crippen molar-refractivity contribution in [3.05, 3.63) is 107 Å². The minimum Gasteiger partial charge on any atom is -0.491 e. The first-order valence-corrected chi connectivity index (χ1v) is 12.6. The van der Waals surface area contributed by atoms with E-state index in [0.29, 0.717) is 49.5 Å². The first kappa shape index (κ1) is 25.1. The normalized spacial score (nSPS) is 14.3. The highest BCUT2D eigenvalue weighted by molar-refractivity contribution is 5.95. The molecule has 2 amide bonds. The van der Waals surface area contributed by atoms with Gasteiger partial charge in [0.15, 0.2) is 0 Å². The van der Waals surface area contributed by atoms with Gasteiger partial charge in [-0.1, -0.05) is 24.3 Å². The van der Waals surface area contributed by atoms with Gasteiger partial charge in [0.05, 0.1) is 17.8 Å². The van der Waals surface area contributed by atoms with Crippen molar-refractivity contribution in [3.63, 3.8) is 0 Å². The van der Waals surface area contributed by atoms with Crippen LogP contribution in [0.1, 0.15) is 37.5 Å². The van der Waals surface area contributed by atoms with Crippen LogP contribution >= 0.6 is 0 Å². The van der Waals surface area contributed by atoms with E-state index in [-0.39, 0.29) is 11.8 Å². The van der Waals surface area contributed by atoms with Crippen LogP contribution in [-0.2, 0) is 6.42 Å². The first-order chi connectivity index (χ1) is 18.5. The van der Waals surface area contributed by atoms with Crippen molar-refractivity contribution in [1.29, 1.82) is 0 Å². The molecule has 0 aliphatic carbocycles. The van der Waals surface area contributed by atoms with Crippen LogP contribution in [0.2, 0.25) is 0 Å². The van der Waals surface area contributed by atoms with Crippen LogP contribution in [-0.4, -0.2) is 69.9 Å². The maximum absolute atomic E-state index is 13.4. The Morgan fingerprint density at radius 2 is 1.79 bits per heavy atom. The summed E-state index contributed by atoms with van der Waals surface area (Å²) in [5.74, 6) is 0.472. The van der Waals surface area contributed by atoms with Crippen molar-refractivity contribution in [3.8, 4) is 16.9 Å². The van der Waals surface area contributed by atoms with E-state index in [2.05, 4.69) is 21.0 Å². The largest absolute Gasteiger partial charge is 0.491 e. The fourth-order valence-electron chi connectivity index (χ4n) is 4.55. The summed E-state index contributed by atoms with van der Waals surface area (Å²) in [6, 6.07) is 17.7. The number of carbonyl (C=O) groups excluding carboxylic acids is 2. The van der Waals surface area contributed by atoms with Gasteiger partial charge < -0.3 is 14.5 Å². The Labute approximate surface area is 221 Å². The standard InChI is InChI=1S/C30H29N5O3/c1-21-27(19-32-20-33-21)30(37)35-12-11-34(2)29(36)24-6-3-5-22(15-24)16-26-17-23(25-7-4-10-31-18-25)8-9-28(26)38-14-13-35/h3-10,15,17-20H,11-14,16H2,1-2H3. The molecule has 1 aliphatic heterocycles. The van der Waals surface area contributed by atoms with E-state index in [4.69, 9.17) is 4.74 Å². The average Bonchev–Trinajstić information content (AvgIpc) is 2.95. The van der Waals surface area contributed by atoms with Gasteiger partial charge in [-0.05, 0) is 53.9 Å². The molecule has 0 saturated heterocycles. The van der Waals surface area contributed by atoms with Crippen LogP contribution in [0.5, 0.6) is 5.75 Å². The van der Waals surface area contributed by atoms with Gasteiger partial charge in [-0.2, -0.15) is 0 Å². The number of rotatable bonds is 2. The first-order valence-electron chi connectivity index (χ1n) is 12.6. The second-order valence-electron chi connectivity index (χ2n) is 9.33. The topological polar surface area (TPSA) is 88.5 Å². The van der Waals surface area contributed by atoms with Gasteiger partial charge in [-0.3, -0.25) is 14.6 Å². The Morgan fingerprint density at radius 1 is 0.921 bits per heavy atom. The minimum absolute atomic E-state index is 0.0869. The third kappa shape index (κ3) is 5.54. The van der Waals surface area contributed by atoms with Gasteiger partial charge in [0.25, 0.3) is 11.8 Å². The lowest BCUT2D eigenvalue weighted by Gasteiger charge is -2.27. The summed E-state index contributed by atoms with van der Waals surface area (Å²) in [5, 5.41) is 0. The third-order valence-electron chi connectivity index (χ3n) is 6.72. The Bertz CT molecular complexity index is 1460. The van der Waals surface area contributed by atoms with Crippen LogP contribution in [0.25, 0.3) is 11.1 Å². The van der Waals surface area contributed by atoms with Gasteiger partial charge in [0.1, 0.15) is 18.7 Å². The summed E-state index contributed by atoms with van der Waals surface area (Å²) in [7, 11) is 1.76. The predicted octanol–water partition coefficient (Wildman–Crippen LogP) is 4.04. The van der Waals surface area contributed by atoms with Crippen molar-refractivity contribution in [2.45, 2.75) is 13.3 Å². The highest BCUT2D eigenvalue weighted by Crippen LogP contribution is 2.29. The Hall–Kier alpha value is -4.59. The lowest BCUT2D eigenvalue weighted by atomic mass is 9.98. The molecule has 0 fully saturated rings. The quantitative estimate of drug-likeness (QED) is 0.407. The molecular weight excluding hydrogens is 478 g/mol. The van der Waals surface area contributed by atoms with E-state index in [1.165, 1.54) is 12.5 Å². The zero-order valence-corrected chi connectivity index (χ0v) is 21.5. The summed E-state index contributed by atoms with van der Waals surface area (Å²) < 4.78 is 6.27. The number of pyridine rings is 1. The smallest absolute Gasteiger partial charge is 0.257 e. The SMILES string of the molecule is Cc1ncncc1C(=O)N1CCOc2ccc(-c3cccnc3)cc2Cc2cccc(c2)C(=O)N(C)CC1. The maximum Gasteiger partial charge on any atom is 0.257 e. The number of hydrogen-bond acceptors (Lipinski definition) is 6. The van der Waals surface area contributed by atoms with Crippen LogP contribution in [0.4, 0.5) is 0 Å². The minimum atomic E-state index is -0.186. The van der Waals surface area contributed by atoms with E-state index in [0.717, 1.165) is 28.0 Å². The van der Waals surface area contributed by atoms with Crippen LogP contribution in [0, 0.1) is 6.92 Å². The Morgan fingerprint density at radius 3 is 2.61 bits per heavy atom. The number of ether oxygens (including phenoxy) is 1.